The summed E-state index contributed by atoms with van der Waals surface area (Å²) in [7, 11) is 0. The number of carbonyl (C=O) groups excluding carboxylic acids is 4. The lowest BCUT2D eigenvalue weighted by molar-refractivity contribution is -0.142. The molecule has 3 unspecified atom stereocenters. The highest BCUT2D eigenvalue weighted by molar-refractivity contribution is 7.80. The number of carboxylic acids is 1. The second-order valence-electron chi connectivity index (χ2n) is 5.98. The maximum Gasteiger partial charge on any atom is 0.326 e. The van der Waals surface area contributed by atoms with Crippen LogP contribution in [0.25, 0.3) is 0 Å². The van der Waals surface area contributed by atoms with Gasteiger partial charge in [0.2, 0.25) is 23.6 Å². The van der Waals surface area contributed by atoms with Crippen LogP contribution in [0.2, 0.25) is 0 Å². The van der Waals surface area contributed by atoms with Crippen LogP contribution in [-0.2, 0) is 24.0 Å². The largest absolute Gasteiger partial charge is 0.480 e. The van der Waals surface area contributed by atoms with Crippen LogP contribution in [0.3, 0.4) is 0 Å². The van der Waals surface area contributed by atoms with Gasteiger partial charge in [-0.15, -0.1) is 0 Å². The van der Waals surface area contributed by atoms with Crippen molar-refractivity contribution in [2.24, 2.45) is 17.2 Å². The van der Waals surface area contributed by atoms with Crippen molar-refractivity contribution in [1.82, 2.24) is 16.0 Å². The average molecular weight is 420 g/mol. The minimum absolute atomic E-state index is 0.0703. The van der Waals surface area contributed by atoms with E-state index in [2.05, 4.69) is 28.6 Å². The van der Waals surface area contributed by atoms with Gasteiger partial charge in [-0.1, -0.05) is 0 Å². The second-order valence-corrected chi connectivity index (χ2v) is 6.35. The molecule has 0 radical (unpaired) electrons. The maximum absolute atomic E-state index is 12.3. The minimum Gasteiger partial charge on any atom is -0.480 e. The summed E-state index contributed by atoms with van der Waals surface area (Å²) in [6, 6.07) is -3.51. The van der Waals surface area contributed by atoms with Crippen molar-refractivity contribution in [3.8, 4) is 0 Å². The van der Waals surface area contributed by atoms with Gasteiger partial charge in [0.15, 0.2) is 0 Å². The average Bonchev–Trinajstić information content (AvgIpc) is 2.63. The van der Waals surface area contributed by atoms with E-state index in [-0.39, 0.29) is 12.2 Å². The number of primary amides is 1. The smallest absolute Gasteiger partial charge is 0.326 e. The monoisotopic (exact) mass is 420 g/mol. The van der Waals surface area contributed by atoms with E-state index in [4.69, 9.17) is 17.2 Å². The first-order valence-corrected chi connectivity index (χ1v) is 9.20. The molecule has 0 aliphatic heterocycles. The number of unbranched alkanes of at least 4 members (excludes halogenated alkanes) is 1. The van der Waals surface area contributed by atoms with E-state index < -0.39 is 60.7 Å². The van der Waals surface area contributed by atoms with E-state index in [0.717, 1.165) is 0 Å². The van der Waals surface area contributed by atoms with Crippen molar-refractivity contribution < 1.29 is 29.1 Å². The summed E-state index contributed by atoms with van der Waals surface area (Å²) in [5.41, 5.74) is 15.9. The van der Waals surface area contributed by atoms with Gasteiger partial charge in [0, 0.05) is 5.75 Å². The molecule has 0 aromatic heterocycles. The predicted octanol–water partition coefficient (Wildman–Crippen LogP) is -3.58. The molecular weight excluding hydrogens is 392 g/mol. The third kappa shape index (κ3) is 10.7. The fourth-order valence-electron chi connectivity index (χ4n) is 2.06. The summed E-state index contributed by atoms with van der Waals surface area (Å²) in [5, 5.41) is 15.9. The number of amides is 4. The van der Waals surface area contributed by atoms with Crippen molar-refractivity contribution >= 4 is 42.2 Å². The molecule has 0 aromatic carbocycles. The molecule has 10 N–H and O–H groups in total. The number of rotatable bonds is 14. The van der Waals surface area contributed by atoms with E-state index in [1.54, 1.807) is 0 Å². The molecule has 28 heavy (non-hydrogen) atoms. The Morgan fingerprint density at radius 1 is 1.00 bits per heavy atom. The number of thiol groups is 1. The van der Waals surface area contributed by atoms with E-state index in [9.17, 15) is 29.1 Å². The molecule has 0 aliphatic carbocycles. The van der Waals surface area contributed by atoms with Gasteiger partial charge in [-0.05, 0) is 25.8 Å². The molecule has 0 saturated carbocycles. The number of nitrogens with two attached hydrogens (primary N) is 3. The molecular formula is C15H28N6O6S. The van der Waals surface area contributed by atoms with Crippen molar-refractivity contribution in [1.29, 1.82) is 0 Å². The Balaban J connectivity index is 4.87. The van der Waals surface area contributed by atoms with Gasteiger partial charge in [-0.25, -0.2) is 4.79 Å². The topological polar surface area (TPSA) is 220 Å². The molecule has 0 saturated heterocycles. The Bertz CT molecular complexity index is 575. The molecule has 3 atom stereocenters. The van der Waals surface area contributed by atoms with Crippen LogP contribution in [0.1, 0.15) is 25.7 Å². The number of carbonyl (C=O) groups is 5. The van der Waals surface area contributed by atoms with E-state index in [0.29, 0.717) is 19.4 Å². The van der Waals surface area contributed by atoms with E-state index in [1.807, 2.05) is 0 Å². The number of carboxylic acid groups (broad SMARTS) is 1. The normalized spacial score (nSPS) is 13.7. The van der Waals surface area contributed by atoms with Gasteiger partial charge in [-0.2, -0.15) is 12.6 Å². The van der Waals surface area contributed by atoms with Gasteiger partial charge in [0.1, 0.15) is 12.1 Å². The zero-order valence-corrected chi connectivity index (χ0v) is 16.2. The zero-order chi connectivity index (χ0) is 21.7. The first-order valence-electron chi connectivity index (χ1n) is 8.57. The summed E-state index contributed by atoms with van der Waals surface area (Å²) in [5.74, 6) is -4.35. The third-order valence-electron chi connectivity index (χ3n) is 3.58. The van der Waals surface area contributed by atoms with Crippen LogP contribution < -0.4 is 33.2 Å². The Labute approximate surface area is 167 Å². The van der Waals surface area contributed by atoms with Crippen LogP contribution >= 0.6 is 12.6 Å². The maximum atomic E-state index is 12.3. The molecule has 0 fully saturated rings. The molecule has 4 amide bonds. The van der Waals surface area contributed by atoms with Crippen molar-refractivity contribution in [3.05, 3.63) is 0 Å². The highest BCUT2D eigenvalue weighted by Gasteiger charge is 2.27. The fourth-order valence-corrected chi connectivity index (χ4v) is 2.23. The number of nitrogens with one attached hydrogen (secondary N) is 3. The van der Waals surface area contributed by atoms with Crippen molar-refractivity contribution in [3.63, 3.8) is 0 Å². The van der Waals surface area contributed by atoms with Crippen molar-refractivity contribution in [2.45, 2.75) is 43.8 Å². The third-order valence-corrected chi connectivity index (χ3v) is 3.97. The number of hydrogen-bond donors (Lipinski definition) is 8. The summed E-state index contributed by atoms with van der Waals surface area (Å²) < 4.78 is 0. The predicted molar refractivity (Wildman–Crippen MR) is 103 cm³/mol. The van der Waals surface area contributed by atoms with Crippen LogP contribution in [0.4, 0.5) is 0 Å². The lowest BCUT2D eigenvalue weighted by atomic mass is 10.1. The highest BCUT2D eigenvalue weighted by Crippen LogP contribution is 2.02. The molecule has 0 bridgehead atoms. The number of hydrogen-bond acceptors (Lipinski definition) is 8. The van der Waals surface area contributed by atoms with Crippen LogP contribution in [0.15, 0.2) is 0 Å². The van der Waals surface area contributed by atoms with Gasteiger partial charge < -0.3 is 38.3 Å². The quantitative estimate of drug-likeness (QED) is 0.103. The van der Waals surface area contributed by atoms with Crippen LogP contribution in [-0.4, -0.2) is 71.7 Å². The minimum atomic E-state index is -1.39. The Hall–Kier alpha value is -2.38. The first-order chi connectivity index (χ1) is 13.1. The lowest BCUT2D eigenvalue weighted by Crippen LogP contribution is -2.54. The van der Waals surface area contributed by atoms with Gasteiger partial charge in [-0.3, -0.25) is 19.2 Å². The molecule has 0 spiro atoms. The van der Waals surface area contributed by atoms with Crippen LogP contribution in [0.5, 0.6) is 0 Å². The lowest BCUT2D eigenvalue weighted by Gasteiger charge is -2.21. The molecule has 160 valence electrons. The molecule has 0 aromatic rings. The molecule has 0 aliphatic rings. The van der Waals surface area contributed by atoms with Gasteiger partial charge in [0.25, 0.3) is 0 Å². The summed E-state index contributed by atoms with van der Waals surface area (Å²) in [6.07, 6.45) is 0.636. The van der Waals surface area contributed by atoms with E-state index in [1.165, 1.54) is 0 Å². The highest BCUT2D eigenvalue weighted by atomic mass is 32.1. The molecule has 12 nitrogen and oxygen atoms in total. The van der Waals surface area contributed by atoms with Crippen LogP contribution in [0, 0.1) is 0 Å². The Kier molecular flexibility index (Phi) is 12.6. The van der Waals surface area contributed by atoms with Gasteiger partial charge >= 0.3 is 5.97 Å². The SMILES string of the molecule is NCCCCC(NC(=O)C(CC(N)=O)NC(=O)CNC(=O)C(N)CS)C(=O)O. The summed E-state index contributed by atoms with van der Waals surface area (Å²) >= 11 is 3.85. The Morgan fingerprint density at radius 3 is 2.14 bits per heavy atom. The molecule has 0 heterocycles. The molecule has 13 heteroatoms. The summed E-state index contributed by atoms with van der Waals surface area (Å²) in [4.78, 5) is 58.2. The number of aliphatic carboxylic acids is 1. The first kappa shape index (κ1) is 25.6. The van der Waals surface area contributed by atoms with Crippen molar-refractivity contribution in [2.75, 3.05) is 18.8 Å². The standard InChI is InChI=1S/C15H28N6O6S/c16-4-2-1-3-9(15(26)27)21-14(25)10(5-11(18)22)20-12(23)6-19-13(24)8(17)7-28/h8-10,28H,1-7,16-17H2,(H2,18,22)(H,19,24)(H,20,23)(H,21,25)(H,26,27). The fraction of sp³-hybridized carbons (Fsp3) is 0.667. The zero-order valence-electron chi connectivity index (χ0n) is 15.3. The molecule has 0 rings (SSSR count). The Morgan fingerprint density at radius 2 is 1.64 bits per heavy atom. The summed E-state index contributed by atoms with van der Waals surface area (Å²) in [6.45, 7) is -0.120. The second kappa shape index (κ2) is 13.7. The van der Waals surface area contributed by atoms with Gasteiger partial charge in [0.05, 0.1) is 19.0 Å². The van der Waals surface area contributed by atoms with E-state index >= 15 is 0 Å².